The van der Waals surface area contributed by atoms with Crippen LogP contribution in [0.2, 0.25) is 0 Å². The van der Waals surface area contributed by atoms with Crippen molar-refractivity contribution in [3.8, 4) is 0 Å². The van der Waals surface area contributed by atoms with Crippen LogP contribution in [-0.4, -0.2) is 52.8 Å². The van der Waals surface area contributed by atoms with Crippen molar-refractivity contribution in [2.75, 3.05) is 26.2 Å². The fourth-order valence-corrected chi connectivity index (χ4v) is 3.29. The molecule has 136 valence electrons. The molecule has 0 radical (unpaired) electrons. The van der Waals surface area contributed by atoms with Crippen molar-refractivity contribution in [3.05, 3.63) is 65.5 Å². The Hall–Kier alpha value is -2.69. The summed E-state index contributed by atoms with van der Waals surface area (Å²) in [6.45, 7) is 4.61. The number of carbonyl (C=O) groups is 2. The number of amides is 2. The Morgan fingerprint density at radius 3 is 1.92 bits per heavy atom. The molecule has 2 amide bonds. The Balaban J connectivity index is 1.62. The van der Waals surface area contributed by atoms with Gasteiger partial charge in [-0.25, -0.2) is 0 Å². The number of aromatic nitrogens is 1. The van der Waals surface area contributed by atoms with Gasteiger partial charge >= 0.3 is 0 Å². The number of aryl methyl sites for hydroxylation is 1. The van der Waals surface area contributed by atoms with Crippen molar-refractivity contribution in [1.82, 2.24) is 14.8 Å². The van der Waals surface area contributed by atoms with E-state index in [9.17, 15) is 9.59 Å². The third-order valence-electron chi connectivity index (χ3n) is 4.74. The molecule has 1 aliphatic rings. The van der Waals surface area contributed by atoms with Gasteiger partial charge < -0.3 is 9.80 Å². The summed E-state index contributed by atoms with van der Waals surface area (Å²) in [5.41, 5.74) is 2.62. The Bertz CT molecular complexity index is 744. The molecule has 0 unspecified atom stereocenters. The van der Waals surface area contributed by atoms with Gasteiger partial charge in [0.15, 0.2) is 0 Å². The van der Waals surface area contributed by atoms with Gasteiger partial charge in [0.1, 0.15) is 0 Å². The van der Waals surface area contributed by atoms with Gasteiger partial charge in [0.2, 0.25) is 0 Å². The Morgan fingerprint density at radius 2 is 1.38 bits per heavy atom. The van der Waals surface area contributed by atoms with E-state index in [1.54, 1.807) is 24.5 Å². The van der Waals surface area contributed by atoms with Gasteiger partial charge in [0, 0.05) is 49.7 Å². The lowest BCUT2D eigenvalue weighted by Crippen LogP contribution is -2.37. The van der Waals surface area contributed by atoms with E-state index >= 15 is 0 Å². The van der Waals surface area contributed by atoms with Crippen LogP contribution in [-0.2, 0) is 6.42 Å². The summed E-state index contributed by atoms with van der Waals surface area (Å²) >= 11 is 0. The minimum Gasteiger partial charge on any atom is -0.337 e. The van der Waals surface area contributed by atoms with Crippen LogP contribution in [0.15, 0.2) is 48.8 Å². The van der Waals surface area contributed by atoms with Crippen LogP contribution in [0.3, 0.4) is 0 Å². The minimum absolute atomic E-state index is 0.00520. The normalized spacial score (nSPS) is 14.8. The average Bonchev–Trinajstić information content (AvgIpc) is 2.95. The van der Waals surface area contributed by atoms with Crippen LogP contribution >= 0.6 is 0 Å². The number of hydrogen-bond donors (Lipinski definition) is 0. The summed E-state index contributed by atoms with van der Waals surface area (Å²) < 4.78 is 0. The molecule has 1 aromatic carbocycles. The number of carbonyl (C=O) groups excluding carboxylic acids is 2. The third kappa shape index (κ3) is 4.28. The molecule has 5 nitrogen and oxygen atoms in total. The second-order valence-corrected chi connectivity index (χ2v) is 6.62. The predicted octanol–water partition coefficient (Wildman–Crippen LogP) is 3.02. The molecule has 0 saturated carbocycles. The SMILES string of the molecule is CCCc1ccc(C(=O)N2CCCN(C(=O)c3ccncc3)CC2)cc1. The van der Waals surface area contributed by atoms with Crippen LogP contribution in [0.25, 0.3) is 0 Å². The number of benzene rings is 1. The lowest BCUT2D eigenvalue weighted by molar-refractivity contribution is 0.0718. The molecule has 0 aliphatic carbocycles. The van der Waals surface area contributed by atoms with E-state index in [-0.39, 0.29) is 11.8 Å². The summed E-state index contributed by atoms with van der Waals surface area (Å²) in [6, 6.07) is 11.4. The molecule has 5 heteroatoms. The maximum Gasteiger partial charge on any atom is 0.254 e. The number of hydrogen-bond acceptors (Lipinski definition) is 3. The molecular weight excluding hydrogens is 326 g/mol. The first-order chi connectivity index (χ1) is 12.7. The van der Waals surface area contributed by atoms with Crippen LogP contribution < -0.4 is 0 Å². The average molecular weight is 351 g/mol. The lowest BCUT2D eigenvalue weighted by atomic mass is 10.1. The fraction of sp³-hybridized carbons (Fsp3) is 0.381. The smallest absolute Gasteiger partial charge is 0.254 e. The van der Waals surface area contributed by atoms with E-state index in [1.165, 1.54) is 5.56 Å². The van der Waals surface area contributed by atoms with Crippen molar-refractivity contribution in [1.29, 1.82) is 0 Å². The summed E-state index contributed by atoms with van der Waals surface area (Å²) in [5.74, 6) is 0.0527. The Morgan fingerprint density at radius 1 is 0.846 bits per heavy atom. The van der Waals surface area contributed by atoms with Gasteiger partial charge in [-0.3, -0.25) is 14.6 Å². The zero-order chi connectivity index (χ0) is 18.4. The van der Waals surface area contributed by atoms with E-state index < -0.39 is 0 Å². The van der Waals surface area contributed by atoms with E-state index in [0.717, 1.165) is 24.8 Å². The zero-order valence-corrected chi connectivity index (χ0v) is 15.2. The molecule has 1 saturated heterocycles. The van der Waals surface area contributed by atoms with Crippen LogP contribution in [0.1, 0.15) is 46.0 Å². The molecule has 2 aromatic rings. The maximum absolute atomic E-state index is 12.8. The molecule has 2 heterocycles. The molecular formula is C21H25N3O2. The topological polar surface area (TPSA) is 53.5 Å². The van der Waals surface area contributed by atoms with E-state index in [1.807, 2.05) is 34.1 Å². The molecule has 3 rings (SSSR count). The van der Waals surface area contributed by atoms with Gasteiger partial charge in [0.05, 0.1) is 0 Å². The molecule has 1 aliphatic heterocycles. The van der Waals surface area contributed by atoms with Gasteiger partial charge in [-0.15, -0.1) is 0 Å². The Labute approximate surface area is 154 Å². The van der Waals surface area contributed by atoms with Crippen LogP contribution in [0.5, 0.6) is 0 Å². The van der Waals surface area contributed by atoms with E-state index in [0.29, 0.717) is 31.7 Å². The second-order valence-electron chi connectivity index (χ2n) is 6.62. The lowest BCUT2D eigenvalue weighted by Gasteiger charge is -2.22. The standard InChI is InChI=1S/C21H25N3O2/c1-2-4-17-5-7-18(8-6-17)20(25)23-13-3-14-24(16-15-23)21(26)19-9-11-22-12-10-19/h5-12H,2-4,13-16H2,1H3. The van der Waals surface area contributed by atoms with E-state index in [4.69, 9.17) is 0 Å². The van der Waals surface area contributed by atoms with Crippen molar-refractivity contribution in [3.63, 3.8) is 0 Å². The summed E-state index contributed by atoms with van der Waals surface area (Å²) in [6.07, 6.45) is 6.17. The van der Waals surface area contributed by atoms with Crippen molar-refractivity contribution in [2.24, 2.45) is 0 Å². The highest BCUT2D eigenvalue weighted by molar-refractivity contribution is 5.95. The molecule has 0 N–H and O–H groups in total. The van der Waals surface area contributed by atoms with Crippen molar-refractivity contribution < 1.29 is 9.59 Å². The minimum atomic E-state index is 0.00520. The van der Waals surface area contributed by atoms with Gasteiger partial charge in [-0.05, 0) is 42.7 Å². The van der Waals surface area contributed by atoms with Crippen molar-refractivity contribution in [2.45, 2.75) is 26.2 Å². The quantitative estimate of drug-likeness (QED) is 0.851. The monoisotopic (exact) mass is 351 g/mol. The summed E-state index contributed by atoms with van der Waals surface area (Å²) in [7, 11) is 0. The van der Waals surface area contributed by atoms with Crippen LogP contribution in [0.4, 0.5) is 0 Å². The first kappa shape index (κ1) is 18.1. The first-order valence-electron chi connectivity index (χ1n) is 9.26. The number of nitrogens with zero attached hydrogens (tertiary/aromatic N) is 3. The summed E-state index contributed by atoms with van der Waals surface area (Å²) in [5, 5.41) is 0. The predicted molar refractivity (Wildman–Crippen MR) is 101 cm³/mol. The zero-order valence-electron chi connectivity index (χ0n) is 15.2. The van der Waals surface area contributed by atoms with Gasteiger partial charge in [-0.2, -0.15) is 0 Å². The molecule has 0 atom stereocenters. The molecule has 0 spiro atoms. The molecule has 0 bridgehead atoms. The highest BCUT2D eigenvalue weighted by Gasteiger charge is 2.23. The maximum atomic E-state index is 12.8. The highest BCUT2D eigenvalue weighted by atomic mass is 16.2. The second kappa shape index (κ2) is 8.61. The Kier molecular flexibility index (Phi) is 6.00. The van der Waals surface area contributed by atoms with Gasteiger partial charge in [0.25, 0.3) is 11.8 Å². The highest BCUT2D eigenvalue weighted by Crippen LogP contribution is 2.13. The van der Waals surface area contributed by atoms with Crippen molar-refractivity contribution >= 4 is 11.8 Å². The third-order valence-corrected chi connectivity index (χ3v) is 4.74. The fourth-order valence-electron chi connectivity index (χ4n) is 3.29. The van der Waals surface area contributed by atoms with Crippen LogP contribution in [0, 0.1) is 0 Å². The van der Waals surface area contributed by atoms with E-state index in [2.05, 4.69) is 11.9 Å². The number of rotatable bonds is 4. The summed E-state index contributed by atoms with van der Waals surface area (Å²) in [4.78, 5) is 33.0. The number of pyridine rings is 1. The first-order valence-corrected chi connectivity index (χ1v) is 9.26. The van der Waals surface area contributed by atoms with Gasteiger partial charge in [-0.1, -0.05) is 25.5 Å². The molecule has 26 heavy (non-hydrogen) atoms. The largest absolute Gasteiger partial charge is 0.337 e. The molecule has 1 aromatic heterocycles. The molecule has 1 fully saturated rings.